The summed E-state index contributed by atoms with van der Waals surface area (Å²) < 4.78 is 10.6. The van der Waals surface area contributed by atoms with Gasteiger partial charge in [-0.2, -0.15) is 0 Å². The predicted molar refractivity (Wildman–Crippen MR) is 95.0 cm³/mol. The fraction of sp³-hybridized carbons (Fsp3) is 0.579. The van der Waals surface area contributed by atoms with E-state index in [9.17, 15) is 9.59 Å². The lowest BCUT2D eigenvalue weighted by molar-refractivity contribution is -0.139. The molecule has 1 aromatic carbocycles. The van der Waals surface area contributed by atoms with Crippen molar-refractivity contribution in [1.82, 2.24) is 4.90 Å². The standard InChI is InChI=1S/C19H26N2O4/c1-13-6-4-5-9-20(13)19(23)14-10-18(22)21(12-14)16-8-7-15(24-2)11-17(16)25-3/h7-8,11,13-14H,4-6,9-10,12H2,1-3H3/t13-,14+/m0/s1. The molecule has 2 heterocycles. The summed E-state index contributed by atoms with van der Waals surface area (Å²) in [6.45, 7) is 3.30. The van der Waals surface area contributed by atoms with Gasteiger partial charge < -0.3 is 19.3 Å². The van der Waals surface area contributed by atoms with Crippen molar-refractivity contribution in [3.05, 3.63) is 18.2 Å². The molecule has 0 bridgehead atoms. The van der Waals surface area contributed by atoms with E-state index in [1.165, 1.54) is 6.42 Å². The van der Waals surface area contributed by atoms with Gasteiger partial charge in [0.15, 0.2) is 0 Å². The van der Waals surface area contributed by atoms with Gasteiger partial charge in [0, 0.05) is 31.6 Å². The molecule has 2 amide bonds. The van der Waals surface area contributed by atoms with E-state index in [1.807, 2.05) is 11.0 Å². The Bertz CT molecular complexity index is 661. The summed E-state index contributed by atoms with van der Waals surface area (Å²) in [5, 5.41) is 0. The molecule has 1 aromatic rings. The molecule has 2 aliphatic rings. The zero-order valence-corrected chi connectivity index (χ0v) is 15.2. The third kappa shape index (κ3) is 3.43. The van der Waals surface area contributed by atoms with Crippen molar-refractivity contribution in [3.63, 3.8) is 0 Å². The van der Waals surface area contributed by atoms with Crippen LogP contribution in [0.4, 0.5) is 5.69 Å². The highest BCUT2D eigenvalue weighted by atomic mass is 16.5. The van der Waals surface area contributed by atoms with Gasteiger partial charge in [-0.05, 0) is 38.3 Å². The van der Waals surface area contributed by atoms with Crippen molar-refractivity contribution in [2.75, 3.05) is 32.2 Å². The SMILES string of the molecule is COc1ccc(N2C[C@H](C(=O)N3CCCC[C@@H]3C)CC2=O)c(OC)c1. The quantitative estimate of drug-likeness (QED) is 0.840. The van der Waals surface area contributed by atoms with Crippen molar-refractivity contribution in [2.45, 2.75) is 38.6 Å². The molecule has 3 rings (SSSR count). The molecule has 0 saturated carbocycles. The minimum atomic E-state index is -0.278. The second kappa shape index (κ2) is 7.33. The van der Waals surface area contributed by atoms with Gasteiger partial charge in [-0.15, -0.1) is 0 Å². The van der Waals surface area contributed by atoms with Crippen LogP contribution < -0.4 is 14.4 Å². The lowest BCUT2D eigenvalue weighted by atomic mass is 9.99. The first-order valence-corrected chi connectivity index (χ1v) is 8.88. The second-order valence-corrected chi connectivity index (χ2v) is 6.82. The lowest BCUT2D eigenvalue weighted by Crippen LogP contribution is -2.45. The Kier molecular flexibility index (Phi) is 5.16. The number of methoxy groups -OCH3 is 2. The van der Waals surface area contributed by atoms with Gasteiger partial charge in [0.05, 0.1) is 25.8 Å². The Balaban J connectivity index is 1.77. The van der Waals surface area contributed by atoms with Crippen LogP contribution in [0.5, 0.6) is 11.5 Å². The van der Waals surface area contributed by atoms with Crippen molar-refractivity contribution >= 4 is 17.5 Å². The topological polar surface area (TPSA) is 59.1 Å². The minimum absolute atomic E-state index is 0.0357. The van der Waals surface area contributed by atoms with Gasteiger partial charge >= 0.3 is 0 Å². The van der Waals surface area contributed by atoms with E-state index in [0.717, 1.165) is 19.4 Å². The highest BCUT2D eigenvalue weighted by Gasteiger charge is 2.39. The van der Waals surface area contributed by atoms with Crippen LogP contribution in [0.2, 0.25) is 0 Å². The lowest BCUT2D eigenvalue weighted by Gasteiger charge is -2.35. The van der Waals surface area contributed by atoms with Gasteiger partial charge in [-0.1, -0.05) is 0 Å². The number of likely N-dealkylation sites (tertiary alicyclic amines) is 1. The number of hydrogen-bond donors (Lipinski definition) is 0. The van der Waals surface area contributed by atoms with E-state index in [1.54, 1.807) is 31.3 Å². The van der Waals surface area contributed by atoms with Gasteiger partial charge in [0.1, 0.15) is 11.5 Å². The summed E-state index contributed by atoms with van der Waals surface area (Å²) >= 11 is 0. The fourth-order valence-corrected chi connectivity index (χ4v) is 3.77. The van der Waals surface area contributed by atoms with E-state index in [2.05, 4.69) is 6.92 Å². The van der Waals surface area contributed by atoms with Crippen LogP contribution >= 0.6 is 0 Å². The van der Waals surface area contributed by atoms with E-state index >= 15 is 0 Å². The van der Waals surface area contributed by atoms with E-state index < -0.39 is 0 Å². The Morgan fingerprint density at radius 3 is 2.68 bits per heavy atom. The Morgan fingerprint density at radius 1 is 1.20 bits per heavy atom. The highest BCUT2D eigenvalue weighted by molar-refractivity contribution is 6.01. The first kappa shape index (κ1) is 17.6. The van der Waals surface area contributed by atoms with Crippen LogP contribution in [0.1, 0.15) is 32.6 Å². The number of hydrogen-bond acceptors (Lipinski definition) is 4. The van der Waals surface area contributed by atoms with Crippen molar-refractivity contribution in [1.29, 1.82) is 0 Å². The monoisotopic (exact) mass is 346 g/mol. The van der Waals surface area contributed by atoms with Gasteiger partial charge in [0.25, 0.3) is 0 Å². The molecule has 2 aliphatic heterocycles. The summed E-state index contributed by atoms with van der Waals surface area (Å²) in [5.41, 5.74) is 0.690. The third-order valence-electron chi connectivity index (χ3n) is 5.24. The number of nitrogens with zero attached hydrogens (tertiary/aromatic N) is 2. The maximum Gasteiger partial charge on any atom is 0.228 e. The van der Waals surface area contributed by atoms with Crippen LogP contribution in [0.3, 0.4) is 0 Å². The van der Waals surface area contributed by atoms with E-state index in [-0.39, 0.29) is 30.2 Å². The molecule has 0 aliphatic carbocycles. The van der Waals surface area contributed by atoms with Crippen LogP contribution in [0, 0.1) is 5.92 Å². The molecule has 6 heteroatoms. The molecule has 136 valence electrons. The molecule has 6 nitrogen and oxygen atoms in total. The van der Waals surface area contributed by atoms with Crippen LogP contribution in [-0.4, -0.2) is 50.1 Å². The van der Waals surface area contributed by atoms with Crippen LogP contribution in [0.15, 0.2) is 18.2 Å². The molecule has 0 aromatic heterocycles. The summed E-state index contributed by atoms with van der Waals surface area (Å²) in [6.07, 6.45) is 3.52. The third-order valence-corrected chi connectivity index (χ3v) is 5.24. The van der Waals surface area contributed by atoms with Gasteiger partial charge in [-0.3, -0.25) is 9.59 Å². The van der Waals surface area contributed by atoms with Gasteiger partial charge in [-0.25, -0.2) is 0 Å². The van der Waals surface area contributed by atoms with Crippen LogP contribution in [-0.2, 0) is 9.59 Å². The first-order chi connectivity index (χ1) is 12.0. The normalized spacial score (nSPS) is 23.7. The zero-order valence-electron chi connectivity index (χ0n) is 15.2. The predicted octanol–water partition coefficient (Wildman–Crippen LogP) is 2.46. The molecule has 2 fully saturated rings. The number of benzene rings is 1. The molecule has 2 atom stereocenters. The highest BCUT2D eigenvalue weighted by Crippen LogP contribution is 2.36. The molecule has 0 unspecified atom stereocenters. The fourth-order valence-electron chi connectivity index (χ4n) is 3.77. The smallest absolute Gasteiger partial charge is 0.228 e. The van der Waals surface area contributed by atoms with Crippen molar-refractivity contribution < 1.29 is 19.1 Å². The molecule has 0 radical (unpaired) electrons. The summed E-state index contributed by atoms with van der Waals surface area (Å²) in [4.78, 5) is 29.0. The molecule has 25 heavy (non-hydrogen) atoms. The summed E-state index contributed by atoms with van der Waals surface area (Å²) in [5.74, 6) is 1.04. The average molecular weight is 346 g/mol. The van der Waals surface area contributed by atoms with Crippen molar-refractivity contribution in [2.24, 2.45) is 5.92 Å². The maximum absolute atomic E-state index is 12.9. The largest absolute Gasteiger partial charge is 0.497 e. The Hall–Kier alpha value is -2.24. The molecule has 2 saturated heterocycles. The molecule has 0 spiro atoms. The van der Waals surface area contributed by atoms with Gasteiger partial charge in [0.2, 0.25) is 11.8 Å². The summed E-state index contributed by atoms with van der Waals surface area (Å²) in [7, 11) is 3.15. The second-order valence-electron chi connectivity index (χ2n) is 6.82. The number of piperidine rings is 1. The average Bonchev–Trinajstić information content (AvgIpc) is 3.02. The van der Waals surface area contributed by atoms with Crippen LogP contribution in [0.25, 0.3) is 0 Å². The summed E-state index contributed by atoms with van der Waals surface area (Å²) in [6, 6.07) is 5.63. The minimum Gasteiger partial charge on any atom is -0.497 e. The molecule has 0 N–H and O–H groups in total. The Labute approximate surface area is 148 Å². The first-order valence-electron chi connectivity index (χ1n) is 8.88. The number of amides is 2. The van der Waals surface area contributed by atoms with E-state index in [4.69, 9.17) is 9.47 Å². The zero-order chi connectivity index (χ0) is 18.0. The van der Waals surface area contributed by atoms with Crippen molar-refractivity contribution in [3.8, 4) is 11.5 Å². The number of carbonyl (C=O) groups excluding carboxylic acids is 2. The number of ether oxygens (including phenoxy) is 2. The van der Waals surface area contributed by atoms with E-state index in [0.29, 0.717) is 23.7 Å². The maximum atomic E-state index is 12.9. The molecular formula is C19H26N2O4. The molecular weight excluding hydrogens is 320 g/mol. The number of rotatable bonds is 4. The number of anilines is 1. The Morgan fingerprint density at radius 2 is 2.00 bits per heavy atom. The number of carbonyl (C=O) groups is 2.